The van der Waals surface area contributed by atoms with E-state index >= 15 is 0 Å². The number of aromatic nitrogens is 2. The quantitative estimate of drug-likeness (QED) is 0.796. The van der Waals surface area contributed by atoms with E-state index in [9.17, 15) is 9.18 Å². The van der Waals surface area contributed by atoms with Crippen LogP contribution < -0.4 is 11.4 Å². The molecule has 17 heavy (non-hydrogen) atoms. The van der Waals surface area contributed by atoms with E-state index in [1.807, 2.05) is 6.92 Å². The van der Waals surface area contributed by atoms with Gasteiger partial charge in [-0.15, -0.1) is 0 Å². The van der Waals surface area contributed by atoms with Crippen molar-refractivity contribution in [3.8, 4) is 0 Å². The summed E-state index contributed by atoms with van der Waals surface area (Å²) in [5.41, 5.74) is 6.68. The van der Waals surface area contributed by atoms with Gasteiger partial charge < -0.3 is 5.73 Å². The monoisotopic (exact) mass is 233 g/mol. The molecule has 0 aliphatic rings. The fraction of sp³-hybridized carbons (Fsp3) is 0.167. The fourth-order valence-electron chi connectivity index (χ4n) is 1.55. The molecule has 1 aromatic carbocycles. The van der Waals surface area contributed by atoms with E-state index in [0.717, 1.165) is 5.56 Å². The molecule has 2 N–H and O–H groups in total. The number of rotatable bonds is 2. The minimum Gasteiger partial charge on any atom is -0.399 e. The topological polar surface area (TPSA) is 60.9 Å². The molecule has 0 unspecified atom stereocenters. The molecule has 1 heterocycles. The van der Waals surface area contributed by atoms with Gasteiger partial charge in [0.05, 0.1) is 6.54 Å². The molecule has 0 fully saturated rings. The molecule has 0 amide bonds. The van der Waals surface area contributed by atoms with Crippen LogP contribution in [0.4, 0.5) is 10.1 Å². The Labute approximate surface area is 97.5 Å². The highest BCUT2D eigenvalue weighted by molar-refractivity contribution is 5.40. The van der Waals surface area contributed by atoms with Gasteiger partial charge in [0.2, 0.25) is 0 Å². The Balaban J connectivity index is 2.38. The lowest BCUT2D eigenvalue weighted by Crippen LogP contribution is -2.23. The summed E-state index contributed by atoms with van der Waals surface area (Å²) in [7, 11) is 0. The Bertz CT molecular complexity index is 607. The zero-order valence-corrected chi connectivity index (χ0v) is 9.35. The number of hydrogen-bond acceptors (Lipinski definition) is 3. The smallest absolute Gasteiger partial charge is 0.347 e. The van der Waals surface area contributed by atoms with Crippen molar-refractivity contribution >= 4 is 5.69 Å². The molecule has 88 valence electrons. The minimum atomic E-state index is -0.418. The summed E-state index contributed by atoms with van der Waals surface area (Å²) in [5, 5.41) is 0. The van der Waals surface area contributed by atoms with E-state index < -0.39 is 11.5 Å². The van der Waals surface area contributed by atoms with Crippen molar-refractivity contribution in [1.82, 2.24) is 9.55 Å². The van der Waals surface area contributed by atoms with Gasteiger partial charge in [-0.2, -0.15) is 0 Å². The van der Waals surface area contributed by atoms with Crippen molar-refractivity contribution in [2.75, 3.05) is 5.73 Å². The Hall–Kier alpha value is -2.17. The van der Waals surface area contributed by atoms with Crippen LogP contribution in [0.1, 0.15) is 11.1 Å². The molecule has 0 aliphatic heterocycles. The lowest BCUT2D eigenvalue weighted by Gasteiger charge is -2.07. The molecule has 0 saturated carbocycles. The summed E-state index contributed by atoms with van der Waals surface area (Å²) >= 11 is 0. The van der Waals surface area contributed by atoms with E-state index in [1.165, 1.54) is 16.8 Å². The van der Waals surface area contributed by atoms with Gasteiger partial charge in [-0.25, -0.2) is 14.2 Å². The zero-order valence-electron chi connectivity index (χ0n) is 9.35. The van der Waals surface area contributed by atoms with Gasteiger partial charge >= 0.3 is 5.69 Å². The molecule has 0 atom stereocenters. The number of benzene rings is 1. The molecule has 0 aliphatic carbocycles. The first kappa shape index (κ1) is 11.3. The van der Waals surface area contributed by atoms with E-state index in [-0.39, 0.29) is 6.54 Å². The summed E-state index contributed by atoms with van der Waals surface area (Å²) in [6.07, 6.45) is 3.13. The standard InChI is InChI=1S/C12H12FN3O/c1-8-5-15-12(17)16(6-8)7-9-2-3-10(14)4-11(9)13/h2-6H,7,14H2,1H3. The third-order valence-electron chi connectivity index (χ3n) is 2.40. The van der Waals surface area contributed by atoms with Crippen LogP contribution in [0.5, 0.6) is 0 Å². The van der Waals surface area contributed by atoms with Crippen molar-refractivity contribution in [2.45, 2.75) is 13.5 Å². The van der Waals surface area contributed by atoms with Crippen LogP contribution in [0.25, 0.3) is 0 Å². The third kappa shape index (κ3) is 2.50. The summed E-state index contributed by atoms with van der Waals surface area (Å²) < 4.78 is 14.9. The molecule has 2 rings (SSSR count). The Morgan fingerprint density at radius 1 is 1.47 bits per heavy atom. The van der Waals surface area contributed by atoms with Crippen molar-refractivity contribution in [2.24, 2.45) is 0 Å². The SMILES string of the molecule is Cc1cnc(=O)n(Cc2ccc(N)cc2F)c1. The van der Waals surface area contributed by atoms with Crippen LogP contribution in [0, 0.1) is 12.7 Å². The normalized spacial score (nSPS) is 10.5. The lowest BCUT2D eigenvalue weighted by atomic mass is 10.2. The number of anilines is 1. The molecule has 4 nitrogen and oxygen atoms in total. The van der Waals surface area contributed by atoms with Gasteiger partial charge in [0, 0.05) is 23.6 Å². The van der Waals surface area contributed by atoms with Crippen molar-refractivity contribution in [3.05, 3.63) is 58.0 Å². The third-order valence-corrected chi connectivity index (χ3v) is 2.40. The molecule has 0 spiro atoms. The first-order valence-electron chi connectivity index (χ1n) is 5.13. The van der Waals surface area contributed by atoms with Gasteiger partial charge in [-0.1, -0.05) is 6.07 Å². The molecule has 5 heteroatoms. The second-order valence-corrected chi connectivity index (χ2v) is 3.89. The van der Waals surface area contributed by atoms with Gasteiger partial charge in [-0.3, -0.25) is 4.57 Å². The van der Waals surface area contributed by atoms with Gasteiger partial charge in [0.1, 0.15) is 5.82 Å². The molecule has 0 radical (unpaired) electrons. The van der Waals surface area contributed by atoms with Crippen LogP contribution in [-0.4, -0.2) is 9.55 Å². The molecule has 0 saturated heterocycles. The van der Waals surface area contributed by atoms with Crippen molar-refractivity contribution < 1.29 is 4.39 Å². The molecular weight excluding hydrogens is 221 g/mol. The van der Waals surface area contributed by atoms with E-state index in [0.29, 0.717) is 11.3 Å². The highest BCUT2D eigenvalue weighted by Crippen LogP contribution is 2.12. The highest BCUT2D eigenvalue weighted by Gasteiger charge is 2.05. The summed E-state index contributed by atoms with van der Waals surface area (Å²) in [5.74, 6) is -0.418. The number of nitrogen functional groups attached to an aromatic ring is 1. The van der Waals surface area contributed by atoms with Crippen LogP contribution in [0.15, 0.2) is 35.4 Å². The van der Waals surface area contributed by atoms with Crippen LogP contribution in [-0.2, 0) is 6.54 Å². The average molecular weight is 233 g/mol. The molecule has 2 aromatic rings. The predicted octanol–water partition coefficient (Wildman–Crippen LogP) is 1.32. The highest BCUT2D eigenvalue weighted by atomic mass is 19.1. The van der Waals surface area contributed by atoms with Gasteiger partial charge in [0.15, 0.2) is 0 Å². The first-order valence-corrected chi connectivity index (χ1v) is 5.13. The largest absolute Gasteiger partial charge is 0.399 e. The van der Waals surface area contributed by atoms with Crippen LogP contribution in [0.2, 0.25) is 0 Å². The lowest BCUT2D eigenvalue weighted by molar-refractivity contribution is 0.593. The summed E-state index contributed by atoms with van der Waals surface area (Å²) in [6, 6.07) is 4.41. The number of nitrogens with two attached hydrogens (primary N) is 1. The molecule has 0 bridgehead atoms. The first-order chi connectivity index (χ1) is 8.06. The fourth-order valence-corrected chi connectivity index (χ4v) is 1.55. The van der Waals surface area contributed by atoms with E-state index in [4.69, 9.17) is 5.73 Å². The van der Waals surface area contributed by atoms with Gasteiger partial charge in [0.25, 0.3) is 0 Å². The van der Waals surface area contributed by atoms with Crippen molar-refractivity contribution in [1.29, 1.82) is 0 Å². The van der Waals surface area contributed by atoms with Crippen molar-refractivity contribution in [3.63, 3.8) is 0 Å². The number of aryl methyl sites for hydroxylation is 1. The maximum absolute atomic E-state index is 13.6. The maximum atomic E-state index is 13.6. The minimum absolute atomic E-state index is 0.152. The second-order valence-electron chi connectivity index (χ2n) is 3.89. The Morgan fingerprint density at radius 3 is 2.94 bits per heavy atom. The van der Waals surface area contributed by atoms with Gasteiger partial charge in [-0.05, 0) is 24.6 Å². The maximum Gasteiger partial charge on any atom is 0.347 e. The Kier molecular flexibility index (Phi) is 2.91. The molecular formula is C12H12FN3O. The van der Waals surface area contributed by atoms with Crippen LogP contribution in [0.3, 0.4) is 0 Å². The molecule has 1 aromatic heterocycles. The zero-order chi connectivity index (χ0) is 12.4. The number of nitrogens with zero attached hydrogens (tertiary/aromatic N) is 2. The van der Waals surface area contributed by atoms with E-state index in [2.05, 4.69) is 4.98 Å². The summed E-state index contributed by atoms with van der Waals surface area (Å²) in [6.45, 7) is 1.97. The van der Waals surface area contributed by atoms with E-state index in [1.54, 1.807) is 18.3 Å². The number of halogens is 1. The predicted molar refractivity (Wildman–Crippen MR) is 63.1 cm³/mol. The van der Waals surface area contributed by atoms with Crippen LogP contribution >= 0.6 is 0 Å². The summed E-state index contributed by atoms with van der Waals surface area (Å²) in [4.78, 5) is 15.1. The second kappa shape index (κ2) is 4.37. The Morgan fingerprint density at radius 2 is 2.24 bits per heavy atom. The number of hydrogen-bond donors (Lipinski definition) is 1. The average Bonchev–Trinajstić information content (AvgIpc) is 2.27.